The van der Waals surface area contributed by atoms with E-state index in [4.69, 9.17) is 0 Å². The lowest BCUT2D eigenvalue weighted by Crippen LogP contribution is -1.84. The molecular formula is C37H57Cl. The molecule has 0 atom stereocenters. The Morgan fingerprint density at radius 1 is 0.342 bits per heavy atom. The summed E-state index contributed by atoms with van der Waals surface area (Å²) in [5.41, 5.74) is 4.44. The van der Waals surface area contributed by atoms with Crippen molar-refractivity contribution in [3.05, 3.63) is 108 Å². The Bertz CT molecular complexity index is 685. The molecule has 1 heteroatoms. The van der Waals surface area contributed by atoms with Gasteiger partial charge in [0.05, 0.1) is 0 Å². The van der Waals surface area contributed by atoms with E-state index < -0.39 is 0 Å². The maximum absolute atomic E-state index is 4.64. The first-order valence-electron chi connectivity index (χ1n) is 15.3. The number of unbranched alkanes of at least 4 members (excludes halogenated alkanes) is 9. The number of aryl methyl sites for hydroxylation is 3. The van der Waals surface area contributed by atoms with Gasteiger partial charge < -0.3 is 0 Å². The molecule has 0 fully saturated rings. The molecular weight excluding hydrogens is 480 g/mol. The van der Waals surface area contributed by atoms with Crippen molar-refractivity contribution in [1.29, 1.82) is 0 Å². The highest BCUT2D eigenvalue weighted by molar-refractivity contribution is 6.15. The average Bonchev–Trinajstić information content (AvgIpc) is 2.99. The summed E-state index contributed by atoms with van der Waals surface area (Å²) < 4.78 is 0. The molecule has 0 heterocycles. The highest BCUT2D eigenvalue weighted by Crippen LogP contribution is 2.08. The third kappa shape index (κ3) is 23.1. The minimum atomic E-state index is 1.25. The summed E-state index contributed by atoms with van der Waals surface area (Å²) in [6, 6.07) is 32.2. The van der Waals surface area contributed by atoms with Crippen LogP contribution in [0.3, 0.4) is 0 Å². The molecule has 3 aromatic carbocycles. The zero-order chi connectivity index (χ0) is 27.9. The molecule has 0 saturated heterocycles. The van der Waals surface area contributed by atoms with Gasteiger partial charge in [-0.3, -0.25) is 0 Å². The van der Waals surface area contributed by atoms with E-state index in [-0.39, 0.29) is 0 Å². The normalized spacial score (nSPS) is 9.71. The van der Waals surface area contributed by atoms with Crippen LogP contribution in [-0.2, 0) is 19.3 Å². The fraction of sp³-hybridized carbons (Fsp3) is 0.514. The molecule has 0 spiro atoms. The van der Waals surface area contributed by atoms with Crippen LogP contribution in [0.15, 0.2) is 91.0 Å². The van der Waals surface area contributed by atoms with Gasteiger partial charge in [-0.2, -0.15) is 0 Å². The van der Waals surface area contributed by atoms with E-state index >= 15 is 0 Å². The molecule has 3 aromatic rings. The molecule has 3 rings (SSSR count). The minimum Gasteiger partial charge on any atom is -0.130 e. The van der Waals surface area contributed by atoms with Crippen LogP contribution < -0.4 is 0 Å². The third-order valence-electron chi connectivity index (χ3n) is 6.49. The predicted octanol–water partition coefficient (Wildman–Crippen LogP) is 12.3. The highest BCUT2D eigenvalue weighted by Gasteiger charge is 1.92. The van der Waals surface area contributed by atoms with E-state index in [2.05, 4.69) is 123 Å². The zero-order valence-electron chi connectivity index (χ0n) is 25.1. The maximum Gasteiger partial charge on any atom is 0.0108 e. The van der Waals surface area contributed by atoms with E-state index in [1.54, 1.807) is 0 Å². The first kappa shape index (κ1) is 35.9. The van der Waals surface area contributed by atoms with Gasteiger partial charge in [0.15, 0.2) is 0 Å². The third-order valence-corrected chi connectivity index (χ3v) is 6.49. The van der Waals surface area contributed by atoms with Crippen LogP contribution in [0.5, 0.6) is 0 Å². The van der Waals surface area contributed by atoms with Crippen LogP contribution in [0.1, 0.15) is 115 Å². The van der Waals surface area contributed by atoms with Gasteiger partial charge in [0.1, 0.15) is 0 Å². The van der Waals surface area contributed by atoms with Gasteiger partial charge in [-0.25, -0.2) is 0 Å². The number of halogens is 1. The molecule has 0 aromatic heterocycles. The molecule has 0 unspecified atom stereocenters. The Morgan fingerprint density at radius 2 is 0.579 bits per heavy atom. The quantitative estimate of drug-likeness (QED) is 0.134. The van der Waals surface area contributed by atoms with Crippen molar-refractivity contribution < 1.29 is 0 Å². The number of alkyl halides is 1. The van der Waals surface area contributed by atoms with Crippen LogP contribution in [0.4, 0.5) is 0 Å². The number of benzene rings is 3. The number of rotatable bonds is 15. The van der Waals surface area contributed by atoms with Gasteiger partial charge in [0.25, 0.3) is 0 Å². The van der Waals surface area contributed by atoms with Crippen molar-refractivity contribution in [3.63, 3.8) is 0 Å². The molecule has 0 N–H and O–H groups in total. The molecule has 0 aliphatic rings. The Morgan fingerprint density at radius 3 is 0.789 bits per heavy atom. The van der Waals surface area contributed by atoms with Crippen LogP contribution >= 0.6 is 11.6 Å². The summed E-state index contributed by atoms with van der Waals surface area (Å²) in [6.45, 7) is 6.76. The summed E-state index contributed by atoms with van der Waals surface area (Å²) >= 11 is 4.64. The monoisotopic (exact) mass is 536 g/mol. The molecule has 0 bridgehead atoms. The molecule has 0 aliphatic carbocycles. The van der Waals surface area contributed by atoms with Crippen molar-refractivity contribution in [2.24, 2.45) is 0 Å². The second-order valence-electron chi connectivity index (χ2n) is 9.89. The van der Waals surface area contributed by atoms with Gasteiger partial charge in [-0.05, 0) is 55.2 Å². The first-order valence-corrected chi connectivity index (χ1v) is 16.0. The summed E-state index contributed by atoms with van der Waals surface area (Å²) in [4.78, 5) is 0. The van der Waals surface area contributed by atoms with E-state index in [9.17, 15) is 0 Å². The van der Waals surface area contributed by atoms with Crippen LogP contribution in [0.25, 0.3) is 0 Å². The van der Waals surface area contributed by atoms with Crippen molar-refractivity contribution >= 4 is 11.6 Å². The first-order chi connectivity index (χ1) is 18.8. The van der Waals surface area contributed by atoms with Crippen LogP contribution in [0, 0.1) is 0 Å². The van der Waals surface area contributed by atoms with Crippen molar-refractivity contribution in [1.82, 2.24) is 0 Å². The highest BCUT2D eigenvalue weighted by atomic mass is 35.5. The number of hydrogen-bond donors (Lipinski definition) is 0. The smallest absolute Gasteiger partial charge is 0.0108 e. The summed E-state index contributed by atoms with van der Waals surface area (Å²) in [5.74, 6) is 0. The zero-order valence-corrected chi connectivity index (χ0v) is 25.9. The van der Waals surface area contributed by atoms with Gasteiger partial charge in [0.2, 0.25) is 0 Å². The number of hydrogen-bond acceptors (Lipinski definition) is 0. The summed E-state index contributed by atoms with van der Waals surface area (Å²) in [5, 5.41) is 0. The molecule has 0 aliphatic heterocycles. The van der Waals surface area contributed by atoms with Gasteiger partial charge in [-0.15, -0.1) is 11.6 Å². The van der Waals surface area contributed by atoms with E-state index in [0.29, 0.717) is 0 Å². The van der Waals surface area contributed by atoms with Crippen molar-refractivity contribution in [3.8, 4) is 0 Å². The van der Waals surface area contributed by atoms with E-state index in [1.165, 1.54) is 119 Å². The fourth-order valence-electron chi connectivity index (χ4n) is 4.20. The maximum atomic E-state index is 4.64. The molecule has 0 radical (unpaired) electrons. The summed E-state index contributed by atoms with van der Waals surface area (Å²) in [7, 11) is 0. The molecule has 0 nitrogen and oxygen atoms in total. The summed E-state index contributed by atoms with van der Waals surface area (Å²) in [6.07, 6.45) is 21.5. The van der Waals surface area contributed by atoms with Gasteiger partial charge in [-0.1, -0.05) is 170 Å². The standard InChI is InChI=1S/3C12H18.CH3Cl/c3*1-2-3-4-6-9-12-10-7-5-8-11-12;1-2/h3*5,7-8,10-11H,2-4,6,9H2,1H3;1H3. The lowest BCUT2D eigenvalue weighted by molar-refractivity contribution is 0.667. The lowest BCUT2D eigenvalue weighted by atomic mass is 10.1. The largest absolute Gasteiger partial charge is 0.130 e. The Hall–Kier alpha value is -2.05. The molecule has 212 valence electrons. The topological polar surface area (TPSA) is 0 Å². The van der Waals surface area contributed by atoms with Crippen LogP contribution in [-0.4, -0.2) is 6.38 Å². The van der Waals surface area contributed by atoms with Gasteiger partial charge >= 0.3 is 0 Å². The van der Waals surface area contributed by atoms with Crippen molar-refractivity contribution in [2.75, 3.05) is 6.38 Å². The second-order valence-corrected chi connectivity index (χ2v) is 9.89. The fourth-order valence-corrected chi connectivity index (χ4v) is 4.20. The molecule has 0 amide bonds. The lowest BCUT2D eigenvalue weighted by Gasteiger charge is -1.99. The predicted molar refractivity (Wildman–Crippen MR) is 175 cm³/mol. The molecule has 0 saturated carbocycles. The SMILES string of the molecule is CCCCCCc1ccccc1.CCCCCCc1ccccc1.CCCCCCc1ccccc1.CCl. The Balaban J connectivity index is 0.000000523. The average molecular weight is 537 g/mol. The van der Waals surface area contributed by atoms with Gasteiger partial charge in [0, 0.05) is 6.38 Å². The molecule has 38 heavy (non-hydrogen) atoms. The van der Waals surface area contributed by atoms with E-state index in [1.807, 2.05) is 0 Å². The second kappa shape index (κ2) is 29.5. The Labute approximate surface area is 242 Å². The Kier molecular flexibility index (Phi) is 27.9. The van der Waals surface area contributed by atoms with Crippen molar-refractivity contribution in [2.45, 2.75) is 117 Å². The van der Waals surface area contributed by atoms with E-state index in [0.717, 1.165) is 0 Å². The minimum absolute atomic E-state index is 1.25. The van der Waals surface area contributed by atoms with Crippen LogP contribution in [0.2, 0.25) is 0 Å².